The predicted molar refractivity (Wildman–Crippen MR) is 161 cm³/mol. The van der Waals surface area contributed by atoms with Crippen LogP contribution < -0.4 is 10.4 Å². The molecule has 0 aliphatic heterocycles. The Balaban J connectivity index is 0.000000480. The fraction of sp³-hybridized carbons (Fsp3) is 0.214. The van der Waals surface area contributed by atoms with Crippen LogP contribution in [0.4, 0.5) is 0 Å². The topological polar surface area (TPSA) is 0 Å². The molecule has 0 N–H and O–H groups in total. The first-order chi connectivity index (χ1) is 14.8. The molecular weight excluding hydrogens is 664 g/mol. The molecule has 0 aromatic heterocycles. The van der Waals surface area contributed by atoms with Gasteiger partial charge < -0.3 is 0 Å². The van der Waals surface area contributed by atoms with E-state index in [1.165, 1.54) is 32.7 Å². The Hall–Kier alpha value is -0.338. The van der Waals surface area contributed by atoms with Gasteiger partial charge in [0, 0.05) is 72.9 Å². The maximum Gasteiger partial charge on any atom is 0.0461 e. The van der Waals surface area contributed by atoms with Crippen molar-refractivity contribution >= 4 is 75.8 Å². The Labute approximate surface area is 234 Å². The van der Waals surface area contributed by atoms with Crippen LogP contribution in [0.15, 0.2) is 71.8 Å². The molecule has 2 aliphatic carbocycles. The van der Waals surface area contributed by atoms with E-state index in [4.69, 9.17) is 0 Å². The Morgan fingerprint density at radius 1 is 0.818 bits per heavy atom. The van der Waals surface area contributed by atoms with E-state index < -0.39 is 0 Å². The van der Waals surface area contributed by atoms with Crippen molar-refractivity contribution in [3.63, 3.8) is 0 Å². The molecule has 0 spiro atoms. The molecule has 0 nitrogen and oxygen atoms in total. The first kappa shape index (κ1) is 30.7. The van der Waals surface area contributed by atoms with Crippen molar-refractivity contribution in [2.45, 2.75) is 0 Å². The van der Waals surface area contributed by atoms with Crippen LogP contribution in [0, 0.1) is 6.42 Å². The quantitative estimate of drug-likeness (QED) is 0.171. The third-order valence-electron chi connectivity index (χ3n) is 4.51. The molecule has 1 radical (unpaired) electrons. The first-order valence-corrected chi connectivity index (χ1v) is 17.0. The van der Waals surface area contributed by atoms with Crippen LogP contribution >= 0.6 is 48.8 Å². The molecule has 0 unspecified atom stereocenters. The molecule has 177 valence electrons. The predicted octanol–water partition coefficient (Wildman–Crippen LogP) is 7.33. The van der Waals surface area contributed by atoms with Gasteiger partial charge in [0.2, 0.25) is 0 Å². The smallest absolute Gasteiger partial charge is 0.0461 e. The van der Waals surface area contributed by atoms with Gasteiger partial charge in [0.05, 0.1) is 0 Å². The zero-order chi connectivity index (χ0) is 22.5. The molecule has 0 saturated carbocycles. The van der Waals surface area contributed by atoms with Gasteiger partial charge in [-0.3, -0.25) is 0 Å². The van der Waals surface area contributed by atoms with E-state index in [-0.39, 0.29) is 45.3 Å². The van der Waals surface area contributed by atoms with E-state index in [9.17, 15) is 0 Å². The second-order valence-electron chi connectivity index (χ2n) is 8.77. The van der Waals surface area contributed by atoms with E-state index in [1.807, 2.05) is 0 Å². The van der Waals surface area contributed by atoms with Gasteiger partial charge in [-0.15, -0.1) is 30.6 Å². The van der Waals surface area contributed by atoms with E-state index in [2.05, 4.69) is 135 Å². The molecule has 33 heavy (non-hydrogen) atoms. The van der Waals surface area contributed by atoms with Gasteiger partial charge in [-0.2, -0.15) is 0 Å². The minimum atomic E-state index is 0. The van der Waals surface area contributed by atoms with Gasteiger partial charge in [0.1, 0.15) is 0 Å². The second kappa shape index (κ2) is 14.3. The van der Waals surface area contributed by atoms with E-state index in [0.717, 1.165) is 15.3 Å². The van der Waals surface area contributed by atoms with Crippen molar-refractivity contribution in [1.82, 2.24) is 0 Å². The average molecular weight is 697 g/mol. The fourth-order valence-corrected chi connectivity index (χ4v) is 4.02. The summed E-state index contributed by atoms with van der Waals surface area (Å²) in [6.07, 6.45) is 4.51. The maximum atomic E-state index is 3.80. The van der Waals surface area contributed by atoms with Crippen LogP contribution in [0.5, 0.6) is 0 Å². The average Bonchev–Trinajstić information content (AvgIpc) is 2.70. The molecule has 2 aliphatic rings. The van der Waals surface area contributed by atoms with Crippen molar-refractivity contribution in [3.8, 4) is 0 Å². The number of allylic oxidation sites excluding steroid dienone is 2. The summed E-state index contributed by atoms with van der Waals surface area (Å²) < 4.78 is 1.15. The summed E-state index contributed by atoms with van der Waals surface area (Å²) in [6.45, 7) is 13.5. The van der Waals surface area contributed by atoms with Crippen LogP contribution in [-0.2, 0) is 20.4 Å². The van der Waals surface area contributed by atoms with Crippen molar-refractivity contribution in [1.29, 1.82) is 0 Å². The van der Waals surface area contributed by atoms with Gasteiger partial charge in [-0.05, 0) is 90.0 Å². The van der Waals surface area contributed by atoms with E-state index in [0.29, 0.717) is 7.92 Å². The van der Waals surface area contributed by atoms with Crippen LogP contribution in [0.1, 0.15) is 11.1 Å². The monoisotopic (exact) mass is 694 g/mol. The Morgan fingerprint density at radius 2 is 1.30 bits per heavy atom. The Morgan fingerprint density at radius 3 is 1.88 bits per heavy atom. The summed E-state index contributed by atoms with van der Waals surface area (Å²) in [5.41, 5.74) is 8.45. The van der Waals surface area contributed by atoms with Crippen molar-refractivity contribution in [2.75, 3.05) is 40.0 Å². The van der Waals surface area contributed by atoms with Crippen molar-refractivity contribution < 1.29 is 20.4 Å². The zero-order valence-corrected chi connectivity index (χ0v) is 26.7. The third kappa shape index (κ3) is 8.38. The second-order valence-corrected chi connectivity index (χ2v) is 15.2. The van der Waals surface area contributed by atoms with E-state index in [1.54, 1.807) is 0 Å². The number of rotatable bonds is 0. The third-order valence-corrected chi connectivity index (χ3v) is 5.36. The first-order valence-electron chi connectivity index (χ1n) is 10.5. The minimum absolute atomic E-state index is 0. The number of halogens is 2. The van der Waals surface area contributed by atoms with Crippen molar-refractivity contribution in [3.05, 3.63) is 99.8 Å². The normalized spacial score (nSPS) is 12.7. The Bertz CT molecular complexity index is 1280. The zero-order valence-electron chi connectivity index (χ0n) is 20.0. The number of benzene rings is 3. The van der Waals surface area contributed by atoms with Crippen LogP contribution in [0.2, 0.25) is 0 Å². The fourth-order valence-electron chi connectivity index (χ4n) is 3.35. The summed E-state index contributed by atoms with van der Waals surface area (Å²) in [4.78, 5) is 0. The molecule has 0 saturated heterocycles. The molecule has 5 rings (SSSR count). The molecule has 0 bridgehead atoms. The summed E-state index contributed by atoms with van der Waals surface area (Å²) in [7, 11) is 0.500. The van der Waals surface area contributed by atoms with Crippen molar-refractivity contribution in [2.24, 2.45) is 0 Å². The summed E-state index contributed by atoms with van der Waals surface area (Å²) in [5, 5.41) is 4.91. The molecule has 3 aromatic carbocycles. The van der Waals surface area contributed by atoms with Gasteiger partial charge in [-0.1, -0.05) is 42.5 Å². The molecule has 0 atom stereocenters. The summed E-state index contributed by atoms with van der Waals surface area (Å²) >= 11 is 3.80. The van der Waals surface area contributed by atoms with Gasteiger partial charge >= 0.3 is 0 Å². The van der Waals surface area contributed by atoms with Gasteiger partial charge in [-0.25, -0.2) is 0 Å². The van der Waals surface area contributed by atoms with Crippen LogP contribution in [-0.4, -0.2) is 40.0 Å². The molecule has 0 fully saturated rings. The van der Waals surface area contributed by atoms with E-state index >= 15 is 0 Å². The molecule has 3 aromatic rings. The van der Waals surface area contributed by atoms with Crippen LogP contribution in [0.25, 0.3) is 27.1 Å². The summed E-state index contributed by atoms with van der Waals surface area (Å²) in [6, 6.07) is 21.4. The Kier molecular flexibility index (Phi) is 13.3. The van der Waals surface area contributed by atoms with Crippen LogP contribution in [0.3, 0.4) is 0 Å². The molecule has 0 heterocycles. The largest absolute Gasteiger partial charge is 0.116 e. The number of hydrogen-bond acceptors (Lipinski definition) is 0. The molecule has 5 heteroatoms. The SMILES string of the molecule is Br.BrC1=c2ccccc2=C=C2[CH]c3cc4ccccc4cc3C=C21.CP(C)C.C[PH+](C)C.[Pd]. The standard InChI is InChI=1S/C22H12Br.2C3H9P.BrH.Pd/c23-22-20-8-4-3-7-16(20)11-19-12-17-9-14-5-1-2-6-15(14)10-18(17)13-21(19)22;2*1-4(2)3;;/h1-10,12-13H;2*1-3H3;1H;/p+1. The summed E-state index contributed by atoms with van der Waals surface area (Å²) in [5.74, 6) is 0. The minimum Gasteiger partial charge on any atom is -0.116 e. The number of fused-ring (bicyclic) bond motifs is 4. The number of hydrogen-bond donors (Lipinski definition) is 0. The maximum absolute atomic E-state index is 3.80. The molecule has 0 amide bonds. The van der Waals surface area contributed by atoms with Gasteiger partial charge in [0.15, 0.2) is 0 Å². The molecular formula is C28H32Br2P2Pd+. The van der Waals surface area contributed by atoms with Gasteiger partial charge in [0.25, 0.3) is 0 Å².